The molecule has 0 amide bonds. The number of hydrogen-bond donors (Lipinski definition) is 0. The lowest BCUT2D eigenvalue weighted by atomic mass is 10.6. The lowest BCUT2D eigenvalue weighted by Gasteiger charge is -2.33. The summed E-state index contributed by atoms with van der Waals surface area (Å²) >= 11 is 0. The minimum atomic E-state index is -4.39. The van der Waals surface area contributed by atoms with Gasteiger partial charge in [0, 0.05) is 18.9 Å². The number of hydrogen-bond acceptors (Lipinski definition) is 3. The highest BCUT2D eigenvalue weighted by Crippen LogP contribution is 2.47. The zero-order valence-corrected chi connectivity index (χ0v) is 10.8. The third kappa shape index (κ3) is 5.89. The monoisotopic (exact) mass is 280 g/mol. The van der Waals surface area contributed by atoms with Gasteiger partial charge in [-0.2, -0.15) is 13.2 Å². The molecule has 0 aromatic rings. The van der Waals surface area contributed by atoms with Crippen molar-refractivity contribution in [2.24, 2.45) is 0 Å². The van der Waals surface area contributed by atoms with Crippen LogP contribution in [0.2, 0.25) is 0 Å². The van der Waals surface area contributed by atoms with E-state index in [1.54, 1.807) is 0 Å². The molecule has 0 rings (SSSR count). The number of nitrogens with zero attached hydrogens (tertiary/aromatic N) is 2. The zero-order valence-electron chi connectivity index (χ0n) is 9.94. The molecule has 0 aliphatic heterocycles. The average Bonchev–Trinajstić information content (AvgIpc) is 2.31. The van der Waals surface area contributed by atoms with Gasteiger partial charge in [-0.25, -0.2) is 0 Å². The second-order valence-electron chi connectivity index (χ2n) is 2.98. The van der Waals surface area contributed by atoms with Crippen molar-refractivity contribution in [2.45, 2.75) is 6.18 Å². The summed E-state index contributed by atoms with van der Waals surface area (Å²) in [6, 6.07) is 0. The Morgan fingerprint density at radius 3 is 1.94 bits per heavy atom. The highest BCUT2D eigenvalue weighted by Gasteiger charge is 2.32. The molecule has 0 aliphatic rings. The van der Waals surface area contributed by atoms with E-state index in [2.05, 4.69) is 26.3 Å². The molecule has 1 atom stereocenters. The van der Waals surface area contributed by atoms with E-state index >= 15 is 0 Å². The first-order valence-electron chi connectivity index (χ1n) is 4.92. The van der Waals surface area contributed by atoms with E-state index in [1.165, 1.54) is 34.0 Å². The standard InChI is InChI=1S/C11H16F3N2OP/c1-5-9-16(8-4)18(15(6-2)7-3)17-10-11(12,13)14/h5-8H,1-4,9-10H2. The molecule has 1 unspecified atom stereocenters. The highest BCUT2D eigenvalue weighted by atomic mass is 31.2. The first-order valence-corrected chi connectivity index (χ1v) is 6.09. The van der Waals surface area contributed by atoms with Crippen LogP contribution in [-0.4, -0.2) is 28.7 Å². The van der Waals surface area contributed by atoms with Crippen molar-refractivity contribution in [1.82, 2.24) is 9.34 Å². The maximum absolute atomic E-state index is 12.2. The minimum Gasteiger partial charge on any atom is -0.315 e. The van der Waals surface area contributed by atoms with Crippen LogP contribution in [-0.2, 0) is 4.52 Å². The Labute approximate surface area is 106 Å². The highest BCUT2D eigenvalue weighted by molar-refractivity contribution is 7.47. The van der Waals surface area contributed by atoms with Crippen molar-refractivity contribution in [3.8, 4) is 0 Å². The van der Waals surface area contributed by atoms with Crippen LogP contribution in [0.3, 0.4) is 0 Å². The van der Waals surface area contributed by atoms with E-state index in [4.69, 9.17) is 4.52 Å². The molecule has 0 saturated heterocycles. The summed E-state index contributed by atoms with van der Waals surface area (Å²) in [5, 5.41) is 0. The van der Waals surface area contributed by atoms with Crippen molar-refractivity contribution in [3.63, 3.8) is 0 Å². The first kappa shape index (κ1) is 16.7. The van der Waals surface area contributed by atoms with Crippen molar-refractivity contribution in [2.75, 3.05) is 13.2 Å². The molecule has 7 heteroatoms. The normalized spacial score (nSPS) is 12.4. The number of rotatable bonds is 9. The van der Waals surface area contributed by atoms with E-state index in [0.29, 0.717) is 6.54 Å². The Bertz CT molecular complexity index is 299. The minimum absolute atomic E-state index is 0.311. The zero-order chi connectivity index (χ0) is 14.2. The summed E-state index contributed by atoms with van der Waals surface area (Å²) in [5.41, 5.74) is 0. The van der Waals surface area contributed by atoms with Crippen LogP contribution < -0.4 is 0 Å². The van der Waals surface area contributed by atoms with Crippen LogP contribution in [0.25, 0.3) is 0 Å². The van der Waals surface area contributed by atoms with Crippen LogP contribution >= 0.6 is 8.45 Å². The fourth-order valence-electron chi connectivity index (χ4n) is 0.965. The van der Waals surface area contributed by atoms with Crippen molar-refractivity contribution in [1.29, 1.82) is 0 Å². The smallest absolute Gasteiger partial charge is 0.315 e. The quantitative estimate of drug-likeness (QED) is 0.469. The molecule has 0 aromatic heterocycles. The van der Waals surface area contributed by atoms with Crippen molar-refractivity contribution >= 4 is 8.45 Å². The SMILES string of the molecule is C=CCN(C=C)P(OCC(F)(F)F)N(C=C)C=C. The summed E-state index contributed by atoms with van der Waals surface area (Å²) in [4.78, 5) is 0. The van der Waals surface area contributed by atoms with Gasteiger partial charge in [0.1, 0.15) is 0 Å². The van der Waals surface area contributed by atoms with Crippen LogP contribution in [0.15, 0.2) is 51.0 Å². The Morgan fingerprint density at radius 2 is 1.61 bits per heavy atom. The van der Waals surface area contributed by atoms with Gasteiger partial charge in [0.25, 0.3) is 8.45 Å². The Morgan fingerprint density at radius 1 is 1.06 bits per heavy atom. The molecule has 0 aromatic carbocycles. The summed E-state index contributed by atoms with van der Waals surface area (Å²) < 4.78 is 44.3. The summed E-state index contributed by atoms with van der Waals surface area (Å²) in [6.45, 7) is 13.0. The van der Waals surface area contributed by atoms with E-state index in [0.717, 1.165) is 0 Å². The molecule has 3 nitrogen and oxygen atoms in total. The second-order valence-corrected chi connectivity index (χ2v) is 4.72. The van der Waals surface area contributed by atoms with E-state index in [1.807, 2.05) is 0 Å². The van der Waals surface area contributed by atoms with Gasteiger partial charge in [0.05, 0.1) is 0 Å². The van der Waals surface area contributed by atoms with Gasteiger partial charge >= 0.3 is 6.18 Å². The molecule has 102 valence electrons. The molecule has 0 saturated carbocycles. The molecule has 0 bridgehead atoms. The first-order chi connectivity index (χ1) is 8.39. The van der Waals surface area contributed by atoms with E-state index in [-0.39, 0.29) is 0 Å². The van der Waals surface area contributed by atoms with Gasteiger partial charge in [-0.15, -0.1) is 6.58 Å². The second kappa shape index (κ2) is 7.95. The average molecular weight is 280 g/mol. The fourth-order valence-corrected chi connectivity index (χ4v) is 2.45. The Kier molecular flexibility index (Phi) is 7.39. The molecular weight excluding hydrogens is 264 g/mol. The number of halogens is 3. The molecule has 0 fully saturated rings. The Hall–Kier alpha value is -1.26. The van der Waals surface area contributed by atoms with E-state index < -0.39 is 21.2 Å². The molecular formula is C11H16F3N2OP. The van der Waals surface area contributed by atoms with Gasteiger partial charge in [-0.1, -0.05) is 25.8 Å². The fraction of sp³-hybridized carbons (Fsp3) is 0.273. The van der Waals surface area contributed by atoms with Gasteiger partial charge < -0.3 is 9.19 Å². The van der Waals surface area contributed by atoms with Crippen LogP contribution in [0, 0.1) is 0 Å². The maximum atomic E-state index is 12.2. The maximum Gasteiger partial charge on any atom is 0.412 e. The van der Waals surface area contributed by atoms with Gasteiger partial charge in [0.2, 0.25) is 0 Å². The van der Waals surface area contributed by atoms with Crippen LogP contribution in [0.4, 0.5) is 13.2 Å². The van der Waals surface area contributed by atoms with Crippen LogP contribution in [0.5, 0.6) is 0 Å². The molecule has 0 N–H and O–H groups in total. The van der Waals surface area contributed by atoms with Gasteiger partial charge in [-0.05, 0) is 6.20 Å². The third-order valence-electron chi connectivity index (χ3n) is 1.66. The molecule has 18 heavy (non-hydrogen) atoms. The summed E-state index contributed by atoms with van der Waals surface area (Å²) in [6.07, 6.45) is 1.22. The number of alkyl halides is 3. The lowest BCUT2D eigenvalue weighted by Crippen LogP contribution is -2.24. The van der Waals surface area contributed by atoms with Crippen LogP contribution in [0.1, 0.15) is 0 Å². The molecule has 0 spiro atoms. The van der Waals surface area contributed by atoms with Gasteiger partial charge in [0.15, 0.2) is 6.61 Å². The predicted molar refractivity (Wildman–Crippen MR) is 68.3 cm³/mol. The van der Waals surface area contributed by atoms with E-state index in [9.17, 15) is 13.2 Å². The molecule has 0 radical (unpaired) electrons. The topological polar surface area (TPSA) is 15.7 Å². The van der Waals surface area contributed by atoms with Gasteiger partial charge in [-0.3, -0.25) is 4.67 Å². The third-order valence-corrected chi connectivity index (χ3v) is 3.51. The van der Waals surface area contributed by atoms with Crippen molar-refractivity contribution < 1.29 is 17.7 Å². The predicted octanol–water partition coefficient (Wildman–Crippen LogP) is 4.01. The largest absolute Gasteiger partial charge is 0.412 e. The summed E-state index contributed by atoms with van der Waals surface area (Å²) in [7, 11) is -1.74. The van der Waals surface area contributed by atoms with Crippen molar-refractivity contribution in [3.05, 3.63) is 51.0 Å². The summed E-state index contributed by atoms with van der Waals surface area (Å²) in [5.74, 6) is 0. The Balaban J connectivity index is 4.89. The molecule has 0 aliphatic carbocycles. The molecule has 0 heterocycles. The lowest BCUT2D eigenvalue weighted by molar-refractivity contribution is -0.153.